The number of aromatic nitrogens is 2. The average molecular weight is 250 g/mol. The normalized spacial score (nSPS) is 9.00. The number of rotatable bonds is 1. The number of aliphatic carboxylic acids is 1. The molecule has 0 radical (unpaired) electrons. The Balaban J connectivity index is 0.000000512. The van der Waals surface area contributed by atoms with Crippen LogP contribution in [0.25, 0.3) is 10.8 Å². The lowest BCUT2D eigenvalue weighted by Crippen LogP contribution is -2.10. The maximum absolute atomic E-state index is 11.3. The number of aryl methyl sites for hydroxylation is 1. The van der Waals surface area contributed by atoms with Gasteiger partial charge in [-0.05, 0) is 12.5 Å². The number of H-pyrrole nitrogens is 1. The highest BCUT2D eigenvalue weighted by Crippen LogP contribution is 2.11. The van der Waals surface area contributed by atoms with Gasteiger partial charge in [0.2, 0.25) is 0 Å². The molecule has 0 saturated heterocycles. The monoisotopic (exact) mass is 250 g/mol. The van der Waals surface area contributed by atoms with Crippen LogP contribution >= 0.6 is 0 Å². The van der Waals surface area contributed by atoms with Crippen molar-refractivity contribution >= 4 is 16.7 Å². The molecule has 0 fully saturated rings. The number of benzene rings is 1. The SMILES string of the molecule is C.CC(=O)O.CCc1n[nH]c(=O)c2ccccc12. The van der Waals surface area contributed by atoms with Crippen LogP contribution < -0.4 is 5.56 Å². The van der Waals surface area contributed by atoms with Crippen molar-refractivity contribution in [3.8, 4) is 0 Å². The highest BCUT2D eigenvalue weighted by molar-refractivity contribution is 5.83. The lowest BCUT2D eigenvalue weighted by molar-refractivity contribution is -0.134. The third-order valence-corrected chi connectivity index (χ3v) is 2.11. The Kier molecular flexibility index (Phi) is 6.34. The molecule has 0 aliphatic rings. The number of hydrogen-bond acceptors (Lipinski definition) is 3. The molecule has 2 aromatic rings. The second-order valence-electron chi connectivity index (χ2n) is 3.42. The fourth-order valence-corrected chi connectivity index (χ4v) is 1.44. The van der Waals surface area contributed by atoms with Crippen molar-refractivity contribution < 1.29 is 9.90 Å². The van der Waals surface area contributed by atoms with E-state index in [9.17, 15) is 4.79 Å². The predicted octanol–water partition coefficient (Wildman–Crippen LogP) is 2.21. The van der Waals surface area contributed by atoms with Crippen molar-refractivity contribution in [2.24, 2.45) is 0 Å². The van der Waals surface area contributed by atoms with E-state index in [0.29, 0.717) is 5.39 Å². The zero-order valence-electron chi connectivity index (χ0n) is 9.73. The summed E-state index contributed by atoms with van der Waals surface area (Å²) < 4.78 is 0. The molecule has 0 aliphatic heterocycles. The highest BCUT2D eigenvalue weighted by Gasteiger charge is 2.02. The zero-order valence-corrected chi connectivity index (χ0v) is 9.73. The highest BCUT2D eigenvalue weighted by atomic mass is 16.4. The van der Waals surface area contributed by atoms with Crippen molar-refractivity contribution in [1.82, 2.24) is 10.2 Å². The summed E-state index contributed by atoms with van der Waals surface area (Å²) >= 11 is 0. The van der Waals surface area contributed by atoms with Crippen LogP contribution in [0.1, 0.15) is 27.0 Å². The van der Waals surface area contributed by atoms with Crippen LogP contribution in [0.2, 0.25) is 0 Å². The van der Waals surface area contributed by atoms with Gasteiger partial charge in [-0.15, -0.1) is 0 Å². The molecule has 2 rings (SSSR count). The molecule has 2 N–H and O–H groups in total. The van der Waals surface area contributed by atoms with E-state index in [1.54, 1.807) is 0 Å². The van der Waals surface area contributed by atoms with Crippen LogP contribution in [0.3, 0.4) is 0 Å². The lowest BCUT2D eigenvalue weighted by atomic mass is 10.1. The van der Waals surface area contributed by atoms with Gasteiger partial charge in [0.1, 0.15) is 0 Å². The summed E-state index contributed by atoms with van der Waals surface area (Å²) in [4.78, 5) is 20.3. The van der Waals surface area contributed by atoms with Gasteiger partial charge in [0.05, 0.1) is 11.1 Å². The Labute approximate surface area is 105 Å². The van der Waals surface area contributed by atoms with E-state index < -0.39 is 5.97 Å². The van der Waals surface area contributed by atoms with Crippen molar-refractivity contribution in [3.63, 3.8) is 0 Å². The number of nitrogens with zero attached hydrogens (tertiary/aromatic N) is 1. The van der Waals surface area contributed by atoms with E-state index in [1.807, 2.05) is 31.2 Å². The Morgan fingerprint density at radius 2 is 1.83 bits per heavy atom. The number of carboxylic acids is 1. The van der Waals surface area contributed by atoms with E-state index in [4.69, 9.17) is 9.90 Å². The van der Waals surface area contributed by atoms with Gasteiger partial charge in [-0.1, -0.05) is 32.5 Å². The second kappa shape index (κ2) is 7.21. The second-order valence-corrected chi connectivity index (χ2v) is 3.42. The maximum Gasteiger partial charge on any atom is 0.300 e. The molecule has 0 spiro atoms. The summed E-state index contributed by atoms with van der Waals surface area (Å²) in [5.41, 5.74) is 0.822. The van der Waals surface area contributed by atoms with Crippen LogP contribution in [0.5, 0.6) is 0 Å². The number of aromatic amines is 1. The summed E-state index contributed by atoms with van der Waals surface area (Å²) in [5, 5.41) is 15.6. The molecule has 5 heteroatoms. The van der Waals surface area contributed by atoms with Crippen molar-refractivity contribution in [2.75, 3.05) is 0 Å². The molecule has 98 valence electrons. The number of carboxylic acid groups (broad SMARTS) is 1. The van der Waals surface area contributed by atoms with Gasteiger partial charge in [-0.25, -0.2) is 5.10 Å². The van der Waals surface area contributed by atoms with E-state index in [1.165, 1.54) is 0 Å². The summed E-state index contributed by atoms with van der Waals surface area (Å²) in [6, 6.07) is 7.52. The first-order valence-electron chi connectivity index (χ1n) is 5.22. The maximum atomic E-state index is 11.3. The molecule has 1 aromatic carbocycles. The van der Waals surface area contributed by atoms with Gasteiger partial charge in [-0.3, -0.25) is 9.59 Å². The minimum Gasteiger partial charge on any atom is -0.481 e. The Morgan fingerprint density at radius 3 is 2.33 bits per heavy atom. The van der Waals surface area contributed by atoms with E-state index >= 15 is 0 Å². The number of carbonyl (C=O) groups is 1. The minimum absolute atomic E-state index is 0. The van der Waals surface area contributed by atoms with E-state index in [0.717, 1.165) is 24.4 Å². The van der Waals surface area contributed by atoms with Gasteiger partial charge in [0.15, 0.2) is 0 Å². The number of hydrogen-bond donors (Lipinski definition) is 2. The van der Waals surface area contributed by atoms with Gasteiger partial charge in [-0.2, -0.15) is 5.10 Å². The molecule has 0 atom stereocenters. The zero-order chi connectivity index (χ0) is 12.8. The van der Waals surface area contributed by atoms with Crippen LogP contribution in [-0.2, 0) is 11.2 Å². The molecule has 0 saturated carbocycles. The van der Waals surface area contributed by atoms with Crippen LogP contribution in [0.15, 0.2) is 29.1 Å². The quantitative estimate of drug-likeness (QED) is 0.812. The summed E-state index contributed by atoms with van der Waals surface area (Å²) in [6.07, 6.45) is 0.831. The Morgan fingerprint density at radius 1 is 1.33 bits per heavy atom. The molecule has 1 heterocycles. The largest absolute Gasteiger partial charge is 0.481 e. The first-order chi connectivity index (χ1) is 8.06. The third kappa shape index (κ3) is 4.01. The summed E-state index contributed by atoms with van der Waals surface area (Å²) in [5.74, 6) is -0.833. The smallest absolute Gasteiger partial charge is 0.300 e. The van der Waals surface area contributed by atoms with Gasteiger partial charge >= 0.3 is 0 Å². The van der Waals surface area contributed by atoms with Gasteiger partial charge < -0.3 is 5.11 Å². The molecule has 5 nitrogen and oxygen atoms in total. The Bertz CT molecular complexity index is 572. The molecular formula is C13H18N2O3. The minimum atomic E-state index is -0.833. The first-order valence-corrected chi connectivity index (χ1v) is 5.22. The molecular weight excluding hydrogens is 232 g/mol. The van der Waals surface area contributed by atoms with Crippen LogP contribution in [-0.4, -0.2) is 21.3 Å². The fourth-order valence-electron chi connectivity index (χ4n) is 1.44. The van der Waals surface area contributed by atoms with Gasteiger partial charge in [0.25, 0.3) is 11.5 Å². The summed E-state index contributed by atoms with van der Waals surface area (Å²) in [6.45, 7) is 3.10. The average Bonchev–Trinajstić information content (AvgIpc) is 2.29. The van der Waals surface area contributed by atoms with Crippen molar-refractivity contribution in [3.05, 3.63) is 40.3 Å². The van der Waals surface area contributed by atoms with Crippen molar-refractivity contribution in [1.29, 1.82) is 0 Å². The molecule has 0 unspecified atom stereocenters. The third-order valence-electron chi connectivity index (χ3n) is 2.11. The van der Waals surface area contributed by atoms with E-state index in [-0.39, 0.29) is 13.0 Å². The fraction of sp³-hybridized carbons (Fsp3) is 0.308. The number of nitrogens with one attached hydrogen (secondary N) is 1. The molecule has 18 heavy (non-hydrogen) atoms. The lowest BCUT2D eigenvalue weighted by Gasteiger charge is -2.00. The first kappa shape index (κ1) is 15.8. The predicted molar refractivity (Wildman–Crippen MR) is 71.8 cm³/mol. The van der Waals surface area contributed by atoms with E-state index in [2.05, 4.69) is 10.2 Å². The van der Waals surface area contributed by atoms with Crippen molar-refractivity contribution in [2.45, 2.75) is 27.7 Å². The molecule has 0 amide bonds. The molecule has 0 aliphatic carbocycles. The summed E-state index contributed by atoms with van der Waals surface area (Å²) in [7, 11) is 0. The Hall–Kier alpha value is -2.17. The standard InChI is InChI=1S/C10H10N2O.C2H4O2.CH4/c1-2-9-7-5-3-4-6-8(7)10(13)12-11-9;1-2(3)4;/h3-6H,2H2,1H3,(H,12,13);1H3,(H,3,4);1H4. The molecule has 0 bridgehead atoms. The van der Waals surface area contributed by atoms with Crippen LogP contribution in [0, 0.1) is 0 Å². The molecule has 1 aromatic heterocycles. The van der Waals surface area contributed by atoms with Crippen LogP contribution in [0.4, 0.5) is 0 Å². The topological polar surface area (TPSA) is 83.0 Å². The van der Waals surface area contributed by atoms with Gasteiger partial charge in [0, 0.05) is 12.3 Å². The number of fused-ring (bicyclic) bond motifs is 1.